The second-order valence-electron chi connectivity index (χ2n) is 8.55. The Balaban J connectivity index is 1.29. The van der Waals surface area contributed by atoms with E-state index >= 15 is 0 Å². The summed E-state index contributed by atoms with van der Waals surface area (Å²) in [4.78, 5) is 14.8. The average Bonchev–Trinajstić information content (AvgIpc) is 3.53. The number of hydrogen-bond donors (Lipinski definition) is 0. The predicted octanol–water partition coefficient (Wildman–Crippen LogP) is 2.30. The summed E-state index contributed by atoms with van der Waals surface area (Å²) in [5.74, 6) is 0.922. The van der Waals surface area contributed by atoms with Crippen molar-refractivity contribution in [2.75, 3.05) is 20.2 Å². The highest BCUT2D eigenvalue weighted by atomic mass is 16.6. The zero-order chi connectivity index (χ0) is 21.4. The molecule has 0 radical (unpaired) electrons. The van der Waals surface area contributed by atoms with Crippen LogP contribution in [-0.2, 0) is 16.0 Å². The molecule has 4 atom stereocenters. The molecule has 0 spiro atoms. The van der Waals surface area contributed by atoms with Crippen molar-refractivity contribution in [2.45, 2.75) is 38.3 Å². The summed E-state index contributed by atoms with van der Waals surface area (Å²) in [5.41, 5.74) is 3.19. The third-order valence-electron chi connectivity index (χ3n) is 6.73. The molecule has 9 heteroatoms. The van der Waals surface area contributed by atoms with Gasteiger partial charge in [0.15, 0.2) is 0 Å². The van der Waals surface area contributed by atoms with Gasteiger partial charge in [-0.05, 0) is 31.6 Å². The zero-order valence-corrected chi connectivity index (χ0v) is 17.7. The van der Waals surface area contributed by atoms with Crippen LogP contribution in [0.5, 0.6) is 0 Å². The van der Waals surface area contributed by atoms with E-state index in [0.717, 1.165) is 37.2 Å². The van der Waals surface area contributed by atoms with Gasteiger partial charge in [-0.3, -0.25) is 4.79 Å². The van der Waals surface area contributed by atoms with Crippen LogP contribution >= 0.6 is 0 Å². The number of fused-ring (bicyclic) bond motifs is 1. The molecule has 5 rings (SSSR count). The van der Waals surface area contributed by atoms with Crippen molar-refractivity contribution < 1.29 is 14.2 Å². The highest BCUT2D eigenvalue weighted by Crippen LogP contribution is 2.42. The number of aryl methyl sites for hydroxylation is 1. The van der Waals surface area contributed by atoms with Crippen molar-refractivity contribution >= 4 is 5.91 Å². The van der Waals surface area contributed by atoms with Gasteiger partial charge < -0.3 is 9.64 Å². The lowest BCUT2D eigenvalue weighted by Gasteiger charge is -2.36. The lowest BCUT2D eigenvalue weighted by molar-refractivity contribution is -0.129. The monoisotopic (exact) mass is 422 g/mol. The topological polar surface area (TPSA) is 99.2 Å². The van der Waals surface area contributed by atoms with Crippen LogP contribution in [0.4, 0.5) is 0 Å². The minimum Gasteiger partial charge on any atom is -0.379 e. The number of rotatable bonds is 5. The fourth-order valence-electron chi connectivity index (χ4n) is 4.97. The quantitative estimate of drug-likeness (QED) is 0.622. The fourth-order valence-corrected chi connectivity index (χ4v) is 4.97. The SMILES string of the molecule is CO[C@@H]1C[C@H]2CN(C(=O)Cc3nonc3C)C[C@H]2C[C@H]1n1cc(-c2ccccc2)nn1. The Morgan fingerprint density at radius 2 is 1.94 bits per heavy atom. The number of ether oxygens (including phenoxy) is 1. The molecule has 2 aliphatic rings. The molecule has 1 aliphatic heterocycles. The number of carbonyl (C=O) groups excluding carboxylic acids is 1. The van der Waals surface area contributed by atoms with Gasteiger partial charge in [-0.25, -0.2) is 9.31 Å². The maximum absolute atomic E-state index is 12.8. The van der Waals surface area contributed by atoms with Gasteiger partial charge >= 0.3 is 0 Å². The number of amides is 1. The number of methoxy groups -OCH3 is 1. The molecule has 0 bridgehead atoms. The van der Waals surface area contributed by atoms with Gasteiger partial charge in [-0.15, -0.1) is 5.10 Å². The van der Waals surface area contributed by atoms with Crippen LogP contribution in [0, 0.1) is 18.8 Å². The summed E-state index contributed by atoms with van der Waals surface area (Å²) in [6.07, 6.45) is 4.10. The summed E-state index contributed by atoms with van der Waals surface area (Å²) >= 11 is 0. The molecular formula is C22H26N6O3. The molecule has 2 aromatic heterocycles. The van der Waals surface area contributed by atoms with Crippen molar-refractivity contribution in [1.82, 2.24) is 30.2 Å². The van der Waals surface area contributed by atoms with E-state index in [0.29, 0.717) is 23.2 Å². The van der Waals surface area contributed by atoms with E-state index in [1.165, 1.54) is 0 Å². The van der Waals surface area contributed by atoms with Gasteiger partial charge in [0.1, 0.15) is 17.1 Å². The second kappa shape index (κ2) is 8.22. The van der Waals surface area contributed by atoms with E-state index in [1.54, 1.807) is 14.0 Å². The van der Waals surface area contributed by atoms with E-state index in [9.17, 15) is 4.79 Å². The molecule has 2 fully saturated rings. The fraction of sp³-hybridized carbons (Fsp3) is 0.500. The summed E-state index contributed by atoms with van der Waals surface area (Å²) in [7, 11) is 1.76. The van der Waals surface area contributed by atoms with Gasteiger partial charge in [0.25, 0.3) is 0 Å². The summed E-state index contributed by atoms with van der Waals surface area (Å²) < 4.78 is 12.5. The summed E-state index contributed by atoms with van der Waals surface area (Å²) in [6, 6.07) is 10.2. The van der Waals surface area contributed by atoms with E-state index in [1.807, 2.05) is 46.1 Å². The van der Waals surface area contributed by atoms with E-state index in [2.05, 4.69) is 20.6 Å². The molecule has 9 nitrogen and oxygen atoms in total. The van der Waals surface area contributed by atoms with Crippen molar-refractivity contribution in [3.63, 3.8) is 0 Å². The number of likely N-dealkylation sites (tertiary alicyclic amines) is 1. The Hall–Kier alpha value is -3.07. The Bertz CT molecular complexity index is 1050. The number of benzene rings is 1. The average molecular weight is 422 g/mol. The Labute approximate surface area is 180 Å². The number of nitrogens with zero attached hydrogens (tertiary/aromatic N) is 6. The first-order chi connectivity index (χ1) is 15.1. The van der Waals surface area contributed by atoms with Crippen molar-refractivity contribution in [1.29, 1.82) is 0 Å². The smallest absolute Gasteiger partial charge is 0.228 e. The lowest BCUT2D eigenvalue weighted by Crippen LogP contribution is -2.37. The lowest BCUT2D eigenvalue weighted by atomic mass is 9.77. The van der Waals surface area contributed by atoms with Gasteiger partial charge in [0, 0.05) is 25.8 Å². The molecular weight excluding hydrogens is 396 g/mol. The third-order valence-corrected chi connectivity index (χ3v) is 6.73. The van der Waals surface area contributed by atoms with Gasteiger partial charge in [0.05, 0.1) is 24.8 Å². The predicted molar refractivity (Wildman–Crippen MR) is 111 cm³/mol. The van der Waals surface area contributed by atoms with Crippen LogP contribution in [0.2, 0.25) is 0 Å². The van der Waals surface area contributed by atoms with Gasteiger partial charge in [-0.2, -0.15) is 0 Å². The molecule has 1 aromatic carbocycles. The molecule has 3 heterocycles. The number of aromatic nitrogens is 5. The Morgan fingerprint density at radius 1 is 1.16 bits per heavy atom. The van der Waals surface area contributed by atoms with Gasteiger partial charge in [0.2, 0.25) is 5.91 Å². The first kappa shape index (κ1) is 19.9. The van der Waals surface area contributed by atoms with E-state index in [4.69, 9.17) is 9.37 Å². The van der Waals surface area contributed by atoms with Crippen LogP contribution < -0.4 is 0 Å². The molecule has 3 aromatic rings. The standard InChI is InChI=1S/C22H26N6O3/c1-14-18(25-31-24-14)10-22(29)27-11-16-8-20(21(30-2)9-17(16)12-27)28-13-19(23-26-28)15-6-4-3-5-7-15/h3-7,13,16-17,20-21H,8-12H2,1-2H3/t16-,17+,20-,21-/m1/s1. The van der Waals surface area contributed by atoms with Gasteiger partial charge in [-0.1, -0.05) is 45.9 Å². The first-order valence-electron chi connectivity index (χ1n) is 10.7. The molecule has 0 unspecified atom stereocenters. The van der Waals surface area contributed by atoms with Crippen LogP contribution in [-0.4, -0.2) is 62.4 Å². The third kappa shape index (κ3) is 3.85. The van der Waals surface area contributed by atoms with E-state index < -0.39 is 0 Å². The second-order valence-corrected chi connectivity index (χ2v) is 8.55. The molecule has 1 saturated carbocycles. The maximum Gasteiger partial charge on any atom is 0.228 e. The molecule has 1 amide bonds. The molecule has 1 aliphatic carbocycles. The number of carbonyl (C=O) groups is 1. The highest BCUT2D eigenvalue weighted by Gasteiger charge is 2.44. The van der Waals surface area contributed by atoms with Crippen molar-refractivity contribution in [3.8, 4) is 11.3 Å². The minimum atomic E-state index is 0.0450. The summed E-state index contributed by atoms with van der Waals surface area (Å²) in [6.45, 7) is 3.31. The minimum absolute atomic E-state index is 0.0450. The normalized spacial score (nSPS) is 25.5. The van der Waals surface area contributed by atoms with Crippen LogP contribution in [0.15, 0.2) is 41.2 Å². The molecule has 0 N–H and O–H groups in total. The number of hydrogen-bond acceptors (Lipinski definition) is 7. The Kier molecular flexibility index (Phi) is 5.27. The van der Waals surface area contributed by atoms with Crippen molar-refractivity contribution in [3.05, 3.63) is 47.9 Å². The van der Waals surface area contributed by atoms with Crippen LogP contribution in [0.3, 0.4) is 0 Å². The largest absolute Gasteiger partial charge is 0.379 e. The zero-order valence-electron chi connectivity index (χ0n) is 17.7. The maximum atomic E-state index is 12.8. The first-order valence-corrected chi connectivity index (χ1v) is 10.7. The van der Waals surface area contributed by atoms with Crippen LogP contribution in [0.1, 0.15) is 30.3 Å². The van der Waals surface area contributed by atoms with Crippen LogP contribution in [0.25, 0.3) is 11.3 Å². The summed E-state index contributed by atoms with van der Waals surface area (Å²) in [5, 5.41) is 16.4. The molecule has 31 heavy (non-hydrogen) atoms. The highest BCUT2D eigenvalue weighted by molar-refractivity contribution is 5.78. The van der Waals surface area contributed by atoms with E-state index in [-0.39, 0.29) is 24.5 Å². The molecule has 1 saturated heterocycles. The molecule has 162 valence electrons. The van der Waals surface area contributed by atoms with Crippen molar-refractivity contribution in [2.24, 2.45) is 11.8 Å². The Morgan fingerprint density at radius 3 is 2.65 bits per heavy atom.